The summed E-state index contributed by atoms with van der Waals surface area (Å²) in [6, 6.07) is 10.0. The smallest absolute Gasteiger partial charge is 0.343 e. The molecule has 2 aromatic carbocycles. The molecule has 0 heterocycles. The van der Waals surface area contributed by atoms with Crippen LogP contribution in [0.5, 0.6) is 23.0 Å². The summed E-state index contributed by atoms with van der Waals surface area (Å²) in [5.41, 5.74) is 0.0633. The van der Waals surface area contributed by atoms with Crippen molar-refractivity contribution in [3.8, 4) is 23.0 Å². The first-order valence-corrected chi connectivity index (χ1v) is 5.48. The lowest BCUT2D eigenvalue weighted by molar-refractivity contribution is 0.0733. The molecule has 0 fully saturated rings. The fraction of sp³-hybridized carbons (Fsp3) is 0.0714. The van der Waals surface area contributed by atoms with Crippen LogP contribution in [0.15, 0.2) is 42.5 Å². The summed E-state index contributed by atoms with van der Waals surface area (Å²) in [7, 11) is 1.54. The first-order valence-electron chi connectivity index (χ1n) is 5.48. The molecular weight excluding hydrogens is 248 g/mol. The van der Waals surface area contributed by atoms with Crippen LogP contribution in [0.4, 0.5) is 0 Å². The highest BCUT2D eigenvalue weighted by Gasteiger charge is 2.11. The van der Waals surface area contributed by atoms with Gasteiger partial charge in [-0.2, -0.15) is 0 Å². The van der Waals surface area contributed by atoms with Gasteiger partial charge in [-0.15, -0.1) is 0 Å². The summed E-state index contributed by atoms with van der Waals surface area (Å²) < 4.78 is 10.1. The normalized spacial score (nSPS) is 9.95. The van der Waals surface area contributed by atoms with E-state index in [1.54, 1.807) is 24.3 Å². The van der Waals surface area contributed by atoms with Gasteiger partial charge in [0.1, 0.15) is 23.0 Å². The fourth-order valence-electron chi connectivity index (χ4n) is 1.52. The predicted octanol–water partition coefficient (Wildman–Crippen LogP) is 2.33. The van der Waals surface area contributed by atoms with Crippen LogP contribution in [0.25, 0.3) is 0 Å². The molecule has 0 saturated carbocycles. The molecule has 0 aromatic heterocycles. The van der Waals surface area contributed by atoms with Gasteiger partial charge in [-0.3, -0.25) is 0 Å². The summed E-state index contributed by atoms with van der Waals surface area (Å²) in [5, 5.41) is 18.6. The summed E-state index contributed by atoms with van der Waals surface area (Å²) in [4.78, 5) is 11.8. The van der Waals surface area contributed by atoms with Crippen molar-refractivity contribution in [2.24, 2.45) is 0 Å². The number of methoxy groups -OCH3 is 1. The zero-order valence-corrected chi connectivity index (χ0v) is 10.2. The number of carbonyl (C=O) groups excluding carboxylic acids is 1. The third-order valence-electron chi connectivity index (χ3n) is 2.41. The Morgan fingerprint density at radius 2 is 1.47 bits per heavy atom. The van der Waals surface area contributed by atoms with Crippen molar-refractivity contribution in [2.45, 2.75) is 0 Å². The van der Waals surface area contributed by atoms with Crippen molar-refractivity contribution in [3.63, 3.8) is 0 Å². The van der Waals surface area contributed by atoms with E-state index in [0.717, 1.165) is 6.07 Å². The molecule has 5 heteroatoms. The van der Waals surface area contributed by atoms with Gasteiger partial charge in [0.25, 0.3) is 0 Å². The Hall–Kier alpha value is -2.69. The molecule has 0 bridgehead atoms. The van der Waals surface area contributed by atoms with Gasteiger partial charge in [0.2, 0.25) is 0 Å². The van der Waals surface area contributed by atoms with Crippen LogP contribution in [-0.4, -0.2) is 23.3 Å². The summed E-state index contributed by atoms with van der Waals surface area (Å²) in [6.07, 6.45) is 0. The number of phenolic OH excluding ortho intramolecular Hbond substituents is 2. The molecule has 2 rings (SSSR count). The average Bonchev–Trinajstić information content (AvgIpc) is 2.38. The van der Waals surface area contributed by atoms with Gasteiger partial charge in [-0.1, -0.05) is 0 Å². The molecule has 0 spiro atoms. The van der Waals surface area contributed by atoms with E-state index in [4.69, 9.17) is 9.47 Å². The highest BCUT2D eigenvalue weighted by Crippen LogP contribution is 2.22. The maximum atomic E-state index is 11.8. The molecule has 2 N–H and O–H groups in total. The van der Waals surface area contributed by atoms with Gasteiger partial charge in [-0.05, 0) is 36.4 Å². The molecule has 0 aliphatic rings. The number of hydrogen-bond donors (Lipinski definition) is 2. The maximum absolute atomic E-state index is 11.8. The average molecular weight is 260 g/mol. The number of benzene rings is 2. The third kappa shape index (κ3) is 3.16. The van der Waals surface area contributed by atoms with Crippen LogP contribution < -0.4 is 9.47 Å². The molecule has 19 heavy (non-hydrogen) atoms. The lowest BCUT2D eigenvalue weighted by Gasteiger charge is -2.06. The van der Waals surface area contributed by atoms with Crippen LogP contribution >= 0.6 is 0 Å². The van der Waals surface area contributed by atoms with Crippen LogP contribution in [0, 0.1) is 0 Å². The number of rotatable bonds is 3. The van der Waals surface area contributed by atoms with E-state index < -0.39 is 5.97 Å². The number of phenols is 2. The number of aromatic hydroxyl groups is 2. The Kier molecular flexibility index (Phi) is 3.56. The molecule has 0 aliphatic carbocycles. The Bertz CT molecular complexity index is 569. The minimum atomic E-state index is -0.670. The quantitative estimate of drug-likeness (QED) is 0.654. The molecule has 5 nitrogen and oxygen atoms in total. The zero-order chi connectivity index (χ0) is 13.8. The minimum Gasteiger partial charge on any atom is -0.508 e. The maximum Gasteiger partial charge on any atom is 0.343 e. The van der Waals surface area contributed by atoms with E-state index in [1.807, 2.05) is 0 Å². The highest BCUT2D eigenvalue weighted by atomic mass is 16.5. The van der Waals surface area contributed by atoms with Gasteiger partial charge in [-0.25, -0.2) is 4.79 Å². The second-order valence-corrected chi connectivity index (χ2v) is 3.80. The molecule has 0 aliphatic heterocycles. The van der Waals surface area contributed by atoms with Gasteiger partial charge in [0, 0.05) is 6.07 Å². The van der Waals surface area contributed by atoms with E-state index in [1.165, 1.54) is 19.2 Å². The molecular formula is C14H12O5. The summed E-state index contributed by atoms with van der Waals surface area (Å²) in [6.45, 7) is 0. The highest BCUT2D eigenvalue weighted by molar-refractivity contribution is 5.92. The largest absolute Gasteiger partial charge is 0.508 e. The standard InChI is InChI=1S/C14H12O5/c1-18-12-2-4-13(5-3-12)19-14(17)9-6-10(15)8-11(16)7-9/h2-8,15-16H,1H3. The number of esters is 1. The van der Waals surface area contributed by atoms with Crippen molar-refractivity contribution < 1.29 is 24.5 Å². The molecule has 0 radical (unpaired) electrons. The number of ether oxygens (including phenoxy) is 2. The van der Waals surface area contributed by atoms with Gasteiger partial charge in [0.05, 0.1) is 12.7 Å². The fourth-order valence-corrected chi connectivity index (χ4v) is 1.52. The van der Waals surface area contributed by atoms with E-state index in [9.17, 15) is 15.0 Å². The third-order valence-corrected chi connectivity index (χ3v) is 2.41. The van der Waals surface area contributed by atoms with Crippen molar-refractivity contribution in [3.05, 3.63) is 48.0 Å². The second-order valence-electron chi connectivity index (χ2n) is 3.80. The monoisotopic (exact) mass is 260 g/mol. The molecule has 0 amide bonds. The topological polar surface area (TPSA) is 76.0 Å². The van der Waals surface area contributed by atoms with Crippen molar-refractivity contribution >= 4 is 5.97 Å². The predicted molar refractivity (Wildman–Crippen MR) is 67.7 cm³/mol. The molecule has 0 saturated heterocycles. The molecule has 98 valence electrons. The van der Waals surface area contributed by atoms with Crippen molar-refractivity contribution in [1.82, 2.24) is 0 Å². The number of hydrogen-bond acceptors (Lipinski definition) is 5. The second kappa shape index (κ2) is 5.30. The van der Waals surface area contributed by atoms with Gasteiger partial charge < -0.3 is 19.7 Å². The Balaban J connectivity index is 2.15. The van der Waals surface area contributed by atoms with Gasteiger partial charge in [0.15, 0.2) is 0 Å². The Morgan fingerprint density at radius 3 is 2.00 bits per heavy atom. The van der Waals surface area contributed by atoms with Gasteiger partial charge >= 0.3 is 5.97 Å². The first-order chi connectivity index (χ1) is 9.08. The van der Waals surface area contributed by atoms with E-state index in [0.29, 0.717) is 11.5 Å². The van der Waals surface area contributed by atoms with Crippen LogP contribution in [0.1, 0.15) is 10.4 Å². The van der Waals surface area contributed by atoms with Crippen molar-refractivity contribution in [2.75, 3.05) is 7.11 Å². The first kappa shape index (κ1) is 12.8. The molecule has 2 aromatic rings. The van der Waals surface area contributed by atoms with Crippen LogP contribution in [-0.2, 0) is 0 Å². The SMILES string of the molecule is COc1ccc(OC(=O)c2cc(O)cc(O)c2)cc1. The van der Waals surface area contributed by atoms with E-state index in [2.05, 4.69) is 0 Å². The van der Waals surface area contributed by atoms with Crippen LogP contribution in [0.3, 0.4) is 0 Å². The van der Waals surface area contributed by atoms with Crippen molar-refractivity contribution in [1.29, 1.82) is 0 Å². The minimum absolute atomic E-state index is 0.0633. The zero-order valence-electron chi connectivity index (χ0n) is 10.2. The van der Waals surface area contributed by atoms with Crippen LogP contribution in [0.2, 0.25) is 0 Å². The molecule has 0 unspecified atom stereocenters. The molecule has 0 atom stereocenters. The summed E-state index contributed by atoms with van der Waals surface area (Å²) >= 11 is 0. The lowest BCUT2D eigenvalue weighted by Crippen LogP contribution is -2.08. The Labute approximate surface area is 109 Å². The number of carbonyl (C=O) groups is 1. The Morgan fingerprint density at radius 1 is 0.947 bits per heavy atom. The lowest BCUT2D eigenvalue weighted by atomic mass is 10.2. The van der Waals surface area contributed by atoms with E-state index >= 15 is 0 Å². The summed E-state index contributed by atoms with van der Waals surface area (Å²) in [5.74, 6) is -0.0943. The van der Waals surface area contributed by atoms with E-state index in [-0.39, 0.29) is 17.1 Å².